The Morgan fingerprint density at radius 1 is 1.59 bits per heavy atom. The minimum atomic E-state index is 0.00496. The monoisotopic (exact) mass is 270 g/mol. The van der Waals surface area contributed by atoms with E-state index in [0.717, 1.165) is 18.0 Å². The quantitative estimate of drug-likeness (QED) is 0.829. The molecule has 94 valence electrons. The normalized spacial score (nSPS) is 17.6. The van der Waals surface area contributed by atoms with E-state index in [1.807, 2.05) is 0 Å². The molecule has 0 aromatic carbocycles. The predicted octanol–water partition coefficient (Wildman–Crippen LogP) is 2.92. The average molecular weight is 270 g/mol. The first-order chi connectivity index (χ1) is 8.00. The maximum Gasteiger partial charge on any atom is 0.226 e. The van der Waals surface area contributed by atoms with Gasteiger partial charge in [0.15, 0.2) is 5.13 Å². The third kappa shape index (κ3) is 3.22. The molecule has 1 aromatic heterocycles. The first kappa shape index (κ1) is 12.9. The van der Waals surface area contributed by atoms with Crippen molar-refractivity contribution in [1.82, 2.24) is 4.98 Å². The van der Waals surface area contributed by atoms with E-state index >= 15 is 0 Å². The number of nitrogens with zero attached hydrogens (tertiary/aromatic N) is 1. The molecule has 0 unspecified atom stereocenters. The smallest absolute Gasteiger partial charge is 0.226 e. The minimum Gasteiger partial charge on any atom is -0.302 e. The van der Waals surface area contributed by atoms with Gasteiger partial charge in [-0.25, -0.2) is 4.98 Å². The largest absolute Gasteiger partial charge is 0.302 e. The molecule has 0 saturated heterocycles. The Kier molecular flexibility index (Phi) is 3.78. The fourth-order valence-corrected chi connectivity index (χ4v) is 3.52. The van der Waals surface area contributed by atoms with Crippen LogP contribution < -0.4 is 5.32 Å². The number of carbonyl (C=O) groups is 1. The van der Waals surface area contributed by atoms with Gasteiger partial charge in [-0.1, -0.05) is 13.8 Å². The number of rotatable bonds is 3. The molecule has 1 aliphatic carbocycles. The third-order valence-corrected chi connectivity index (χ3v) is 4.28. The topological polar surface area (TPSA) is 42.0 Å². The molecular weight excluding hydrogens is 252 g/mol. The van der Waals surface area contributed by atoms with E-state index in [2.05, 4.69) is 36.8 Å². The summed E-state index contributed by atoms with van der Waals surface area (Å²) in [6.45, 7) is 4.57. The lowest BCUT2D eigenvalue weighted by atomic mass is 9.79. The van der Waals surface area contributed by atoms with Crippen LogP contribution in [0.2, 0.25) is 0 Å². The molecule has 2 rings (SSSR count). The standard InChI is InChI=1S/C12H18N2OS2/c1-12(2)5-3-8-9(7-12)17-11(13-8)14-10(15)4-6-16/h16H,3-7H2,1-2H3,(H,13,14,15). The summed E-state index contributed by atoms with van der Waals surface area (Å²) in [5.74, 6) is 0.578. The average Bonchev–Trinajstić information content (AvgIpc) is 2.57. The van der Waals surface area contributed by atoms with E-state index in [4.69, 9.17) is 0 Å². The van der Waals surface area contributed by atoms with Crippen LogP contribution in [0.4, 0.5) is 5.13 Å². The zero-order valence-corrected chi connectivity index (χ0v) is 12.0. The molecule has 1 heterocycles. The second-order valence-corrected chi connectivity index (χ2v) is 6.78. The first-order valence-electron chi connectivity index (χ1n) is 5.89. The first-order valence-corrected chi connectivity index (χ1v) is 7.34. The van der Waals surface area contributed by atoms with E-state index < -0.39 is 0 Å². The Morgan fingerprint density at radius 3 is 3.06 bits per heavy atom. The van der Waals surface area contributed by atoms with Crippen molar-refractivity contribution in [2.24, 2.45) is 5.41 Å². The number of fused-ring (bicyclic) bond motifs is 1. The van der Waals surface area contributed by atoms with Gasteiger partial charge in [0.2, 0.25) is 5.91 Å². The molecule has 0 aliphatic heterocycles. The maximum absolute atomic E-state index is 11.5. The van der Waals surface area contributed by atoms with Crippen molar-refractivity contribution in [3.05, 3.63) is 10.6 Å². The highest BCUT2D eigenvalue weighted by Gasteiger charge is 2.28. The van der Waals surface area contributed by atoms with Gasteiger partial charge in [-0.05, 0) is 30.4 Å². The Morgan fingerprint density at radius 2 is 2.35 bits per heavy atom. The summed E-state index contributed by atoms with van der Waals surface area (Å²) in [5, 5.41) is 3.60. The van der Waals surface area contributed by atoms with Crippen LogP contribution in [-0.2, 0) is 17.6 Å². The van der Waals surface area contributed by atoms with Gasteiger partial charge in [-0.15, -0.1) is 11.3 Å². The van der Waals surface area contributed by atoms with E-state index in [9.17, 15) is 4.79 Å². The number of nitrogens with one attached hydrogen (secondary N) is 1. The number of amides is 1. The molecule has 0 saturated carbocycles. The van der Waals surface area contributed by atoms with Gasteiger partial charge in [0.25, 0.3) is 0 Å². The van der Waals surface area contributed by atoms with Crippen molar-refractivity contribution in [2.75, 3.05) is 11.1 Å². The van der Waals surface area contributed by atoms with Crippen LogP contribution in [0.3, 0.4) is 0 Å². The Balaban J connectivity index is 2.08. The summed E-state index contributed by atoms with van der Waals surface area (Å²) in [6.07, 6.45) is 3.72. The molecule has 3 nitrogen and oxygen atoms in total. The van der Waals surface area contributed by atoms with Crippen molar-refractivity contribution >= 4 is 35.0 Å². The molecule has 1 aromatic rings. The molecule has 0 atom stereocenters. The molecule has 0 spiro atoms. The summed E-state index contributed by atoms with van der Waals surface area (Å²) in [7, 11) is 0. The Bertz CT molecular complexity index is 426. The van der Waals surface area contributed by atoms with Gasteiger partial charge in [-0.3, -0.25) is 4.79 Å². The molecule has 1 amide bonds. The van der Waals surface area contributed by atoms with Crippen LogP contribution in [0.25, 0.3) is 0 Å². The van der Waals surface area contributed by atoms with Crippen LogP contribution in [0.15, 0.2) is 0 Å². The van der Waals surface area contributed by atoms with Crippen molar-refractivity contribution in [3.8, 4) is 0 Å². The van der Waals surface area contributed by atoms with Crippen LogP contribution in [0, 0.1) is 5.41 Å². The highest BCUT2D eigenvalue weighted by Crippen LogP contribution is 2.38. The molecule has 5 heteroatoms. The van der Waals surface area contributed by atoms with Gasteiger partial charge in [-0.2, -0.15) is 12.6 Å². The summed E-state index contributed by atoms with van der Waals surface area (Å²) < 4.78 is 0. The minimum absolute atomic E-state index is 0.00496. The molecule has 0 fully saturated rings. The van der Waals surface area contributed by atoms with Crippen LogP contribution in [0.5, 0.6) is 0 Å². The summed E-state index contributed by atoms with van der Waals surface area (Å²) >= 11 is 5.67. The van der Waals surface area contributed by atoms with Crippen LogP contribution in [-0.4, -0.2) is 16.6 Å². The third-order valence-electron chi connectivity index (χ3n) is 3.04. The lowest BCUT2D eigenvalue weighted by Gasteiger charge is -2.28. The lowest BCUT2D eigenvalue weighted by Crippen LogP contribution is -2.20. The number of hydrogen-bond donors (Lipinski definition) is 2. The summed E-state index contributed by atoms with van der Waals surface area (Å²) in [4.78, 5) is 17.3. The zero-order chi connectivity index (χ0) is 12.5. The van der Waals surface area contributed by atoms with Gasteiger partial charge in [0.05, 0.1) is 5.69 Å². The van der Waals surface area contributed by atoms with Crippen LogP contribution >= 0.6 is 24.0 Å². The van der Waals surface area contributed by atoms with Crippen molar-refractivity contribution in [3.63, 3.8) is 0 Å². The van der Waals surface area contributed by atoms with E-state index in [0.29, 0.717) is 17.6 Å². The van der Waals surface area contributed by atoms with E-state index in [1.54, 1.807) is 11.3 Å². The van der Waals surface area contributed by atoms with Gasteiger partial charge in [0.1, 0.15) is 0 Å². The molecule has 0 radical (unpaired) electrons. The second-order valence-electron chi connectivity index (χ2n) is 5.25. The molecule has 17 heavy (non-hydrogen) atoms. The Hall–Kier alpha value is -0.550. The van der Waals surface area contributed by atoms with Crippen molar-refractivity contribution < 1.29 is 4.79 Å². The number of aromatic nitrogens is 1. The van der Waals surface area contributed by atoms with Gasteiger partial charge < -0.3 is 5.32 Å². The van der Waals surface area contributed by atoms with Crippen molar-refractivity contribution in [1.29, 1.82) is 0 Å². The van der Waals surface area contributed by atoms with E-state index in [-0.39, 0.29) is 5.91 Å². The maximum atomic E-state index is 11.5. The molecule has 0 bridgehead atoms. The molecular formula is C12H18N2OS2. The van der Waals surface area contributed by atoms with Gasteiger partial charge in [0, 0.05) is 11.3 Å². The summed E-state index contributed by atoms with van der Waals surface area (Å²) in [5.41, 5.74) is 1.54. The lowest BCUT2D eigenvalue weighted by molar-refractivity contribution is -0.115. The van der Waals surface area contributed by atoms with Crippen LogP contribution in [0.1, 0.15) is 37.3 Å². The number of hydrogen-bond acceptors (Lipinski definition) is 4. The number of thiol groups is 1. The highest BCUT2D eigenvalue weighted by atomic mass is 32.1. The van der Waals surface area contributed by atoms with Gasteiger partial charge >= 0.3 is 0 Å². The number of anilines is 1. The number of carbonyl (C=O) groups excluding carboxylic acids is 1. The molecule has 1 aliphatic rings. The van der Waals surface area contributed by atoms with E-state index in [1.165, 1.54) is 17.0 Å². The fraction of sp³-hybridized carbons (Fsp3) is 0.667. The fourth-order valence-electron chi connectivity index (χ4n) is 2.03. The predicted molar refractivity (Wildman–Crippen MR) is 75.0 cm³/mol. The Labute approximate surface area is 111 Å². The highest BCUT2D eigenvalue weighted by molar-refractivity contribution is 7.80. The summed E-state index contributed by atoms with van der Waals surface area (Å²) in [6, 6.07) is 0. The zero-order valence-electron chi connectivity index (χ0n) is 10.2. The number of aryl methyl sites for hydroxylation is 1. The second kappa shape index (κ2) is 4.98. The van der Waals surface area contributed by atoms with Crippen molar-refractivity contribution in [2.45, 2.75) is 39.5 Å². The number of thiazole rings is 1. The molecule has 1 N–H and O–H groups in total. The SMILES string of the molecule is CC1(C)CCc2nc(NC(=O)CCS)sc2C1.